The molecule has 2 nitrogen and oxygen atoms in total. The lowest BCUT2D eigenvalue weighted by Gasteiger charge is -2.26. The van der Waals surface area contributed by atoms with Gasteiger partial charge < -0.3 is 0 Å². The summed E-state index contributed by atoms with van der Waals surface area (Å²) in [7, 11) is 0. The summed E-state index contributed by atoms with van der Waals surface area (Å²) in [6, 6.07) is 3.22. The second-order valence-electron chi connectivity index (χ2n) is 5.32. The van der Waals surface area contributed by atoms with Gasteiger partial charge in [-0.25, -0.2) is 0 Å². The lowest BCUT2D eigenvalue weighted by Crippen LogP contribution is -2.44. The van der Waals surface area contributed by atoms with E-state index in [0.29, 0.717) is 6.04 Å². The van der Waals surface area contributed by atoms with E-state index in [1.165, 1.54) is 38.5 Å². The number of nitriles is 1. The third kappa shape index (κ3) is 2.72. The summed E-state index contributed by atoms with van der Waals surface area (Å²) in [5.74, 6) is 0.862. The lowest BCUT2D eigenvalue weighted by atomic mass is 9.90. The van der Waals surface area contributed by atoms with Gasteiger partial charge in [0.25, 0.3) is 0 Å². The van der Waals surface area contributed by atoms with Gasteiger partial charge in [-0.05, 0) is 38.0 Å². The van der Waals surface area contributed by atoms with E-state index < -0.39 is 0 Å². The van der Waals surface area contributed by atoms with Crippen molar-refractivity contribution in [3.63, 3.8) is 0 Å². The average Bonchev–Trinajstić information content (AvgIpc) is 3.06. The monoisotopic (exact) mass is 206 g/mol. The normalized spacial score (nSPS) is 36.9. The molecule has 2 aliphatic rings. The first-order chi connectivity index (χ1) is 7.28. The standard InChI is InChI=1S/C13H22N2/c1-2-11-4-3-8-13(10-14,9-7-11)15-12-5-6-12/h11-12,15H,2-9H2,1H3. The quantitative estimate of drug-likeness (QED) is 0.721. The van der Waals surface area contributed by atoms with Crippen molar-refractivity contribution in [2.24, 2.45) is 5.92 Å². The Kier molecular flexibility index (Phi) is 3.31. The Morgan fingerprint density at radius 2 is 2.07 bits per heavy atom. The number of nitrogens with zero attached hydrogens (tertiary/aromatic N) is 1. The summed E-state index contributed by atoms with van der Waals surface area (Å²) in [4.78, 5) is 0. The van der Waals surface area contributed by atoms with Crippen LogP contribution < -0.4 is 5.32 Å². The van der Waals surface area contributed by atoms with Crippen molar-refractivity contribution in [2.45, 2.75) is 69.9 Å². The highest BCUT2D eigenvalue weighted by atomic mass is 15.0. The van der Waals surface area contributed by atoms with E-state index in [9.17, 15) is 5.26 Å². The van der Waals surface area contributed by atoms with Gasteiger partial charge in [0.1, 0.15) is 5.54 Å². The molecular weight excluding hydrogens is 184 g/mol. The molecule has 0 aliphatic heterocycles. The molecule has 0 radical (unpaired) electrons. The molecule has 0 aromatic rings. The summed E-state index contributed by atoms with van der Waals surface area (Å²) < 4.78 is 0. The van der Waals surface area contributed by atoms with Gasteiger partial charge in [-0.3, -0.25) is 5.32 Å². The van der Waals surface area contributed by atoms with E-state index in [0.717, 1.165) is 18.8 Å². The van der Waals surface area contributed by atoms with Gasteiger partial charge in [0.2, 0.25) is 0 Å². The first-order valence-electron chi connectivity index (χ1n) is 6.47. The molecule has 2 fully saturated rings. The van der Waals surface area contributed by atoms with Crippen LogP contribution in [0.25, 0.3) is 0 Å². The van der Waals surface area contributed by atoms with E-state index in [1.807, 2.05) is 0 Å². The molecule has 0 bridgehead atoms. The maximum atomic E-state index is 9.39. The van der Waals surface area contributed by atoms with Crippen LogP contribution in [-0.2, 0) is 0 Å². The van der Waals surface area contributed by atoms with Crippen LogP contribution in [0.5, 0.6) is 0 Å². The van der Waals surface area contributed by atoms with E-state index in [4.69, 9.17) is 0 Å². The summed E-state index contributed by atoms with van der Waals surface area (Å²) in [5, 5.41) is 13.0. The highest BCUT2D eigenvalue weighted by Crippen LogP contribution is 2.34. The van der Waals surface area contributed by atoms with Crippen molar-refractivity contribution in [1.82, 2.24) is 5.32 Å². The van der Waals surface area contributed by atoms with Crippen LogP contribution in [-0.4, -0.2) is 11.6 Å². The predicted molar refractivity (Wildman–Crippen MR) is 61.4 cm³/mol. The topological polar surface area (TPSA) is 35.8 Å². The fraction of sp³-hybridized carbons (Fsp3) is 0.923. The summed E-state index contributed by atoms with van der Waals surface area (Å²) >= 11 is 0. The molecule has 2 saturated carbocycles. The molecule has 0 heterocycles. The molecule has 2 heteroatoms. The fourth-order valence-electron chi connectivity index (χ4n) is 2.73. The summed E-state index contributed by atoms with van der Waals surface area (Å²) in [6.07, 6.45) is 9.77. The molecule has 0 spiro atoms. The lowest BCUT2D eigenvalue weighted by molar-refractivity contribution is 0.353. The third-order valence-electron chi connectivity index (χ3n) is 4.04. The molecule has 2 atom stereocenters. The van der Waals surface area contributed by atoms with Crippen LogP contribution >= 0.6 is 0 Å². The fourth-order valence-corrected chi connectivity index (χ4v) is 2.73. The third-order valence-corrected chi connectivity index (χ3v) is 4.04. The minimum Gasteiger partial charge on any atom is -0.297 e. The van der Waals surface area contributed by atoms with Crippen LogP contribution in [0.15, 0.2) is 0 Å². The van der Waals surface area contributed by atoms with Gasteiger partial charge in [-0.2, -0.15) is 5.26 Å². The van der Waals surface area contributed by atoms with Gasteiger partial charge in [-0.1, -0.05) is 26.2 Å². The van der Waals surface area contributed by atoms with Crippen molar-refractivity contribution in [3.05, 3.63) is 0 Å². The van der Waals surface area contributed by atoms with Crippen LogP contribution in [0.1, 0.15) is 58.3 Å². The highest BCUT2D eigenvalue weighted by Gasteiger charge is 2.37. The van der Waals surface area contributed by atoms with Gasteiger partial charge in [0.15, 0.2) is 0 Å². The zero-order chi connectivity index (χ0) is 10.7. The molecule has 2 aliphatic carbocycles. The average molecular weight is 206 g/mol. The molecule has 1 N–H and O–H groups in total. The SMILES string of the molecule is CCC1CCCC(C#N)(NC2CC2)CC1. The van der Waals surface area contributed by atoms with E-state index in [2.05, 4.69) is 18.3 Å². The van der Waals surface area contributed by atoms with Crippen LogP contribution in [0.2, 0.25) is 0 Å². The Labute approximate surface area is 93.0 Å². The van der Waals surface area contributed by atoms with Crippen molar-refractivity contribution in [3.8, 4) is 6.07 Å². The Morgan fingerprint density at radius 1 is 1.27 bits per heavy atom. The Morgan fingerprint density at radius 3 is 2.67 bits per heavy atom. The molecule has 0 aromatic heterocycles. The summed E-state index contributed by atoms with van der Waals surface area (Å²) in [5.41, 5.74) is -0.176. The van der Waals surface area contributed by atoms with Crippen LogP contribution in [0.4, 0.5) is 0 Å². The molecule has 0 aromatic carbocycles. The molecule has 0 saturated heterocycles. The van der Waals surface area contributed by atoms with E-state index in [-0.39, 0.29) is 5.54 Å². The Bertz CT molecular complexity index is 252. The highest BCUT2D eigenvalue weighted by molar-refractivity contribution is 5.10. The molecular formula is C13H22N2. The molecule has 2 rings (SSSR count). The molecule has 15 heavy (non-hydrogen) atoms. The van der Waals surface area contributed by atoms with Gasteiger partial charge in [0, 0.05) is 6.04 Å². The number of rotatable bonds is 3. The Balaban J connectivity index is 1.96. The smallest absolute Gasteiger partial charge is 0.106 e. The van der Waals surface area contributed by atoms with Crippen LogP contribution in [0.3, 0.4) is 0 Å². The van der Waals surface area contributed by atoms with Crippen molar-refractivity contribution in [2.75, 3.05) is 0 Å². The number of hydrogen-bond acceptors (Lipinski definition) is 2. The zero-order valence-electron chi connectivity index (χ0n) is 9.76. The first kappa shape index (κ1) is 11.0. The predicted octanol–water partition coefficient (Wildman–Crippen LogP) is 2.99. The number of nitrogens with one attached hydrogen (secondary N) is 1. The maximum Gasteiger partial charge on any atom is 0.106 e. The van der Waals surface area contributed by atoms with Crippen molar-refractivity contribution < 1.29 is 0 Å². The molecule has 0 amide bonds. The van der Waals surface area contributed by atoms with Gasteiger partial charge >= 0.3 is 0 Å². The largest absolute Gasteiger partial charge is 0.297 e. The summed E-state index contributed by atoms with van der Waals surface area (Å²) in [6.45, 7) is 2.28. The molecule has 84 valence electrons. The van der Waals surface area contributed by atoms with Gasteiger partial charge in [-0.15, -0.1) is 0 Å². The van der Waals surface area contributed by atoms with Crippen LogP contribution in [0, 0.1) is 17.2 Å². The Hall–Kier alpha value is -0.550. The minimum absolute atomic E-state index is 0.176. The van der Waals surface area contributed by atoms with E-state index >= 15 is 0 Å². The maximum absolute atomic E-state index is 9.39. The van der Waals surface area contributed by atoms with Crippen molar-refractivity contribution in [1.29, 1.82) is 5.26 Å². The minimum atomic E-state index is -0.176. The molecule has 2 unspecified atom stereocenters. The van der Waals surface area contributed by atoms with Crippen molar-refractivity contribution >= 4 is 0 Å². The van der Waals surface area contributed by atoms with Gasteiger partial charge in [0.05, 0.1) is 6.07 Å². The zero-order valence-corrected chi connectivity index (χ0v) is 9.76. The second kappa shape index (κ2) is 4.53. The second-order valence-corrected chi connectivity index (χ2v) is 5.32. The first-order valence-corrected chi connectivity index (χ1v) is 6.47. The van der Waals surface area contributed by atoms with E-state index in [1.54, 1.807) is 0 Å². The number of hydrogen-bond donors (Lipinski definition) is 1.